The molecule has 1 aliphatic rings. The highest BCUT2D eigenvalue weighted by molar-refractivity contribution is 6.09. The largest absolute Gasteiger partial charge is 0.402 e. The molecule has 25 heavy (non-hydrogen) atoms. The Bertz CT molecular complexity index is 786. The zero-order chi connectivity index (χ0) is 17.8. The van der Waals surface area contributed by atoms with E-state index in [1.54, 1.807) is 6.21 Å². The molecule has 0 amide bonds. The summed E-state index contributed by atoms with van der Waals surface area (Å²) in [6.07, 6.45) is 3.45. The molecule has 0 saturated carbocycles. The highest BCUT2D eigenvalue weighted by Gasteiger charge is 2.19. The SMILES string of the molecule is CC(N)=C(C=[NH2+])c1ccc2nccc(N3CCN(CCN)CC3)c2c1. The topological polar surface area (TPSA) is 97.0 Å². The molecule has 6 heteroatoms. The fourth-order valence-electron chi connectivity index (χ4n) is 3.43. The van der Waals surface area contributed by atoms with E-state index in [4.69, 9.17) is 16.9 Å². The number of pyridine rings is 1. The minimum absolute atomic E-state index is 0.711. The Labute approximate surface area is 148 Å². The third kappa shape index (κ3) is 3.65. The zero-order valence-corrected chi connectivity index (χ0v) is 14.8. The van der Waals surface area contributed by atoms with Crippen molar-refractivity contribution in [3.05, 3.63) is 41.7 Å². The van der Waals surface area contributed by atoms with Crippen LogP contribution in [-0.4, -0.2) is 55.4 Å². The van der Waals surface area contributed by atoms with Crippen LogP contribution in [0.1, 0.15) is 12.5 Å². The van der Waals surface area contributed by atoms with Crippen LogP contribution >= 0.6 is 0 Å². The van der Waals surface area contributed by atoms with Crippen LogP contribution < -0.4 is 21.8 Å². The molecule has 6 N–H and O–H groups in total. The Morgan fingerprint density at radius 1 is 1.24 bits per heavy atom. The van der Waals surface area contributed by atoms with Gasteiger partial charge < -0.3 is 16.4 Å². The molecule has 6 nitrogen and oxygen atoms in total. The van der Waals surface area contributed by atoms with Gasteiger partial charge in [0.2, 0.25) is 0 Å². The first kappa shape index (κ1) is 17.4. The molecule has 0 unspecified atom stereocenters. The Morgan fingerprint density at radius 2 is 2.00 bits per heavy atom. The smallest absolute Gasteiger partial charge is 0.169 e. The van der Waals surface area contributed by atoms with E-state index in [1.165, 1.54) is 5.69 Å². The predicted molar refractivity (Wildman–Crippen MR) is 104 cm³/mol. The molecule has 1 aliphatic heterocycles. The van der Waals surface area contributed by atoms with E-state index in [9.17, 15) is 0 Å². The number of rotatable bonds is 5. The van der Waals surface area contributed by atoms with E-state index in [1.807, 2.05) is 25.3 Å². The molecule has 0 radical (unpaired) electrons. The van der Waals surface area contributed by atoms with E-state index in [0.717, 1.165) is 54.8 Å². The van der Waals surface area contributed by atoms with Crippen LogP contribution in [0, 0.1) is 0 Å². The Morgan fingerprint density at radius 3 is 2.64 bits per heavy atom. The highest BCUT2D eigenvalue weighted by Crippen LogP contribution is 2.29. The van der Waals surface area contributed by atoms with Gasteiger partial charge in [-0.2, -0.15) is 0 Å². The number of piperazine rings is 1. The maximum absolute atomic E-state index is 5.97. The van der Waals surface area contributed by atoms with Gasteiger partial charge in [-0.15, -0.1) is 0 Å². The molecule has 1 saturated heterocycles. The van der Waals surface area contributed by atoms with E-state index in [-0.39, 0.29) is 0 Å². The Hall–Kier alpha value is -2.44. The molecule has 0 atom stereocenters. The normalized spacial score (nSPS) is 16.8. The minimum atomic E-state index is 0.711. The molecule has 1 aromatic carbocycles. The molecule has 0 aliphatic carbocycles. The van der Waals surface area contributed by atoms with Crippen molar-refractivity contribution >= 4 is 28.4 Å². The van der Waals surface area contributed by atoms with Gasteiger partial charge in [0.15, 0.2) is 6.21 Å². The van der Waals surface area contributed by atoms with Crippen molar-refractivity contribution in [2.45, 2.75) is 6.92 Å². The molecular weight excluding hydrogens is 312 g/mol. The van der Waals surface area contributed by atoms with Crippen molar-refractivity contribution in [2.75, 3.05) is 44.2 Å². The molecule has 0 bridgehead atoms. The first-order valence-electron chi connectivity index (χ1n) is 8.72. The van der Waals surface area contributed by atoms with Crippen molar-refractivity contribution < 1.29 is 5.41 Å². The minimum Gasteiger partial charge on any atom is -0.402 e. The number of hydrogen-bond acceptors (Lipinski definition) is 5. The lowest BCUT2D eigenvalue weighted by atomic mass is 10.0. The lowest BCUT2D eigenvalue weighted by Crippen LogP contribution is -2.47. The van der Waals surface area contributed by atoms with Gasteiger partial charge in [0.1, 0.15) is 0 Å². The van der Waals surface area contributed by atoms with Gasteiger partial charge in [-0.05, 0) is 30.7 Å². The van der Waals surface area contributed by atoms with E-state index in [2.05, 4.69) is 26.9 Å². The van der Waals surface area contributed by atoms with Crippen molar-refractivity contribution in [3.8, 4) is 0 Å². The summed E-state index contributed by atoms with van der Waals surface area (Å²) in [6, 6.07) is 8.28. The van der Waals surface area contributed by atoms with Gasteiger partial charge in [-0.1, -0.05) is 6.07 Å². The first-order chi connectivity index (χ1) is 12.1. The number of nitrogens with zero attached hydrogens (tertiary/aromatic N) is 3. The standard InChI is InChI=1S/C19H26N6/c1-14(22)17(13-21)15-2-3-18-16(12-15)19(4-6-23-18)25-10-8-24(7-5-20)9-11-25/h2-4,6,12-13,21H,5,7-11,20,22H2,1H3/p+1. The molecule has 0 spiro atoms. The van der Waals surface area contributed by atoms with Crippen LogP contribution in [0.5, 0.6) is 0 Å². The third-order valence-corrected chi connectivity index (χ3v) is 4.78. The second-order valence-electron chi connectivity index (χ2n) is 6.44. The summed E-state index contributed by atoms with van der Waals surface area (Å²) in [5.41, 5.74) is 16.4. The summed E-state index contributed by atoms with van der Waals surface area (Å²) in [7, 11) is 0. The second-order valence-corrected chi connectivity index (χ2v) is 6.44. The third-order valence-electron chi connectivity index (χ3n) is 4.78. The fourth-order valence-corrected chi connectivity index (χ4v) is 3.43. The summed E-state index contributed by atoms with van der Waals surface area (Å²) in [4.78, 5) is 9.34. The number of allylic oxidation sites excluding steroid dienone is 2. The summed E-state index contributed by atoms with van der Waals surface area (Å²) in [6.45, 7) is 7.59. The molecule has 2 aromatic rings. The molecule has 1 aromatic heterocycles. The lowest BCUT2D eigenvalue weighted by molar-refractivity contribution is -0.103. The summed E-state index contributed by atoms with van der Waals surface area (Å²) < 4.78 is 0. The van der Waals surface area contributed by atoms with E-state index in [0.29, 0.717) is 12.2 Å². The van der Waals surface area contributed by atoms with Crippen molar-refractivity contribution in [1.82, 2.24) is 9.88 Å². The van der Waals surface area contributed by atoms with Crippen molar-refractivity contribution in [3.63, 3.8) is 0 Å². The summed E-state index contributed by atoms with van der Waals surface area (Å²) in [5.74, 6) is 0. The van der Waals surface area contributed by atoms with Crippen LogP contribution in [0.2, 0.25) is 0 Å². The van der Waals surface area contributed by atoms with Crippen LogP contribution in [0.25, 0.3) is 16.5 Å². The quantitative estimate of drug-likeness (QED) is 0.658. The van der Waals surface area contributed by atoms with E-state index >= 15 is 0 Å². The van der Waals surface area contributed by atoms with Crippen molar-refractivity contribution in [1.29, 1.82) is 0 Å². The number of anilines is 1. The first-order valence-corrected chi connectivity index (χ1v) is 8.72. The predicted octanol–water partition coefficient (Wildman–Crippen LogP) is -0.165. The number of benzene rings is 1. The number of aromatic nitrogens is 1. The lowest BCUT2D eigenvalue weighted by Gasteiger charge is -2.36. The van der Waals surface area contributed by atoms with Crippen LogP contribution in [0.3, 0.4) is 0 Å². The molecule has 3 rings (SSSR count). The summed E-state index contributed by atoms with van der Waals surface area (Å²) >= 11 is 0. The highest BCUT2D eigenvalue weighted by atomic mass is 15.3. The van der Waals surface area contributed by atoms with Gasteiger partial charge >= 0.3 is 0 Å². The number of fused-ring (bicyclic) bond motifs is 1. The monoisotopic (exact) mass is 339 g/mol. The van der Waals surface area contributed by atoms with E-state index < -0.39 is 0 Å². The van der Waals surface area contributed by atoms with Crippen LogP contribution in [-0.2, 0) is 0 Å². The second kappa shape index (κ2) is 7.63. The Balaban J connectivity index is 1.96. The molecule has 1 fully saturated rings. The molecule has 2 heterocycles. The number of nitrogens with two attached hydrogens (primary N) is 3. The maximum atomic E-state index is 5.97. The Kier molecular flexibility index (Phi) is 5.31. The van der Waals surface area contributed by atoms with Crippen molar-refractivity contribution in [2.24, 2.45) is 11.5 Å². The maximum Gasteiger partial charge on any atom is 0.169 e. The zero-order valence-electron chi connectivity index (χ0n) is 14.8. The van der Waals surface area contributed by atoms with Gasteiger partial charge in [-0.25, -0.2) is 0 Å². The van der Waals surface area contributed by atoms with Gasteiger partial charge in [-0.3, -0.25) is 15.3 Å². The van der Waals surface area contributed by atoms with Gasteiger partial charge in [0.05, 0.1) is 11.1 Å². The number of hydrogen-bond donors (Lipinski definition) is 3. The average molecular weight is 339 g/mol. The van der Waals surface area contributed by atoms with Crippen LogP contribution in [0.15, 0.2) is 36.2 Å². The van der Waals surface area contributed by atoms with Gasteiger partial charge in [0, 0.05) is 62.2 Å². The molecular formula is C19H27N6+. The fraction of sp³-hybridized carbons (Fsp3) is 0.368. The summed E-state index contributed by atoms with van der Waals surface area (Å²) in [5, 5.41) is 6.90. The van der Waals surface area contributed by atoms with Gasteiger partial charge in [0.25, 0.3) is 0 Å². The molecule has 132 valence electrons. The van der Waals surface area contributed by atoms with Crippen LogP contribution in [0.4, 0.5) is 5.69 Å². The average Bonchev–Trinajstić information content (AvgIpc) is 2.62.